The van der Waals surface area contributed by atoms with E-state index in [4.69, 9.17) is 9.47 Å². The third kappa shape index (κ3) is 4.74. The van der Waals surface area contributed by atoms with Gasteiger partial charge in [0.25, 0.3) is 0 Å². The first-order valence-electron chi connectivity index (χ1n) is 6.75. The molecule has 0 unspecified atom stereocenters. The first-order chi connectivity index (χ1) is 10.2. The van der Waals surface area contributed by atoms with Gasteiger partial charge in [0, 0.05) is 0 Å². The molecule has 0 heterocycles. The van der Waals surface area contributed by atoms with Gasteiger partial charge >= 0.3 is 5.97 Å². The molecular formula is C17H17IO3. The van der Waals surface area contributed by atoms with Crippen molar-refractivity contribution < 1.29 is 14.3 Å². The van der Waals surface area contributed by atoms with Gasteiger partial charge in [0.1, 0.15) is 5.75 Å². The molecule has 0 saturated carbocycles. The van der Waals surface area contributed by atoms with Crippen LogP contribution in [-0.2, 0) is 11.2 Å². The SMILES string of the molecule is COc1ccc(C(=O)OCCCc2ccccc2)cc1I. The molecule has 0 aliphatic heterocycles. The second-order valence-corrected chi connectivity index (χ2v) is 5.74. The van der Waals surface area contributed by atoms with E-state index in [1.165, 1.54) is 5.56 Å². The average Bonchev–Trinajstić information content (AvgIpc) is 2.52. The molecular weight excluding hydrogens is 379 g/mol. The van der Waals surface area contributed by atoms with Crippen molar-refractivity contribution in [1.82, 2.24) is 0 Å². The molecule has 0 amide bonds. The fourth-order valence-corrected chi connectivity index (χ4v) is 2.70. The minimum atomic E-state index is -0.288. The molecule has 2 rings (SSSR count). The Labute approximate surface area is 138 Å². The number of carbonyl (C=O) groups excluding carboxylic acids is 1. The van der Waals surface area contributed by atoms with Gasteiger partial charge in [-0.25, -0.2) is 4.79 Å². The van der Waals surface area contributed by atoms with E-state index in [9.17, 15) is 4.79 Å². The molecule has 0 fully saturated rings. The van der Waals surface area contributed by atoms with Crippen LogP contribution in [0.1, 0.15) is 22.3 Å². The number of methoxy groups -OCH3 is 1. The number of benzene rings is 2. The van der Waals surface area contributed by atoms with Gasteiger partial charge in [-0.2, -0.15) is 0 Å². The van der Waals surface area contributed by atoms with Crippen molar-refractivity contribution >= 4 is 28.6 Å². The zero-order valence-electron chi connectivity index (χ0n) is 11.8. The zero-order valence-corrected chi connectivity index (χ0v) is 14.0. The van der Waals surface area contributed by atoms with E-state index in [1.807, 2.05) is 18.2 Å². The molecule has 21 heavy (non-hydrogen) atoms. The van der Waals surface area contributed by atoms with Crippen LogP contribution in [-0.4, -0.2) is 19.7 Å². The minimum absolute atomic E-state index is 0.288. The maximum absolute atomic E-state index is 11.9. The standard InChI is InChI=1S/C17H17IO3/c1-20-16-10-9-14(12-15(16)18)17(19)21-11-5-8-13-6-3-2-4-7-13/h2-4,6-7,9-10,12H,5,8,11H2,1H3. The predicted octanol–water partition coefficient (Wildman–Crippen LogP) is 4.09. The number of hydrogen-bond donors (Lipinski definition) is 0. The molecule has 2 aromatic carbocycles. The van der Waals surface area contributed by atoms with Gasteiger partial charge in [0.2, 0.25) is 0 Å². The van der Waals surface area contributed by atoms with Crippen LogP contribution in [0.4, 0.5) is 0 Å². The molecule has 0 saturated heterocycles. The second-order valence-electron chi connectivity index (χ2n) is 4.57. The lowest BCUT2D eigenvalue weighted by Gasteiger charge is -2.07. The van der Waals surface area contributed by atoms with Crippen LogP contribution in [0.2, 0.25) is 0 Å². The lowest BCUT2D eigenvalue weighted by Crippen LogP contribution is -2.07. The van der Waals surface area contributed by atoms with Gasteiger partial charge in [-0.3, -0.25) is 0 Å². The molecule has 0 N–H and O–H groups in total. The van der Waals surface area contributed by atoms with E-state index in [0.717, 1.165) is 22.2 Å². The summed E-state index contributed by atoms with van der Waals surface area (Å²) in [6.45, 7) is 0.427. The summed E-state index contributed by atoms with van der Waals surface area (Å²) in [5.74, 6) is 0.472. The highest BCUT2D eigenvalue weighted by Crippen LogP contribution is 2.21. The van der Waals surface area contributed by atoms with Crippen molar-refractivity contribution in [2.45, 2.75) is 12.8 Å². The largest absolute Gasteiger partial charge is 0.496 e. The Bertz CT molecular complexity index is 596. The molecule has 0 aliphatic rings. The third-order valence-corrected chi connectivity index (χ3v) is 3.92. The highest BCUT2D eigenvalue weighted by atomic mass is 127. The average molecular weight is 396 g/mol. The van der Waals surface area contributed by atoms with Crippen LogP contribution in [0, 0.1) is 3.57 Å². The van der Waals surface area contributed by atoms with Crippen molar-refractivity contribution in [3.8, 4) is 5.75 Å². The topological polar surface area (TPSA) is 35.5 Å². The molecule has 2 aromatic rings. The second kappa shape index (κ2) is 8.02. The van der Waals surface area contributed by atoms with Gasteiger partial charge < -0.3 is 9.47 Å². The summed E-state index contributed by atoms with van der Waals surface area (Å²) >= 11 is 2.14. The Hall–Kier alpha value is -1.56. The van der Waals surface area contributed by atoms with E-state index in [2.05, 4.69) is 34.7 Å². The Morgan fingerprint density at radius 1 is 1.14 bits per heavy atom. The predicted molar refractivity (Wildman–Crippen MR) is 90.8 cm³/mol. The van der Waals surface area contributed by atoms with E-state index in [0.29, 0.717) is 12.2 Å². The molecule has 4 heteroatoms. The smallest absolute Gasteiger partial charge is 0.338 e. The van der Waals surface area contributed by atoms with Gasteiger partial charge in [0.15, 0.2) is 0 Å². The molecule has 3 nitrogen and oxygen atoms in total. The summed E-state index contributed by atoms with van der Waals surface area (Å²) in [6.07, 6.45) is 1.73. The van der Waals surface area contributed by atoms with Gasteiger partial charge in [-0.15, -0.1) is 0 Å². The first-order valence-corrected chi connectivity index (χ1v) is 7.83. The Kier molecular flexibility index (Phi) is 6.04. The lowest BCUT2D eigenvalue weighted by atomic mass is 10.1. The number of ether oxygens (including phenoxy) is 2. The van der Waals surface area contributed by atoms with Crippen molar-refractivity contribution in [2.24, 2.45) is 0 Å². The summed E-state index contributed by atoms with van der Waals surface area (Å²) in [6, 6.07) is 15.5. The number of hydrogen-bond acceptors (Lipinski definition) is 3. The quantitative estimate of drug-likeness (QED) is 0.419. The fourth-order valence-electron chi connectivity index (χ4n) is 1.96. The van der Waals surface area contributed by atoms with E-state index in [1.54, 1.807) is 25.3 Å². The summed E-state index contributed by atoms with van der Waals surface area (Å²) in [5, 5.41) is 0. The van der Waals surface area contributed by atoms with Gasteiger partial charge in [-0.1, -0.05) is 30.3 Å². The van der Waals surface area contributed by atoms with Crippen molar-refractivity contribution in [3.05, 3.63) is 63.2 Å². The number of carbonyl (C=O) groups is 1. The monoisotopic (exact) mass is 396 g/mol. The van der Waals surface area contributed by atoms with Crippen LogP contribution in [0.15, 0.2) is 48.5 Å². The van der Waals surface area contributed by atoms with Crippen molar-refractivity contribution in [1.29, 1.82) is 0 Å². The Morgan fingerprint density at radius 2 is 1.90 bits per heavy atom. The van der Waals surface area contributed by atoms with Crippen LogP contribution in [0.25, 0.3) is 0 Å². The maximum atomic E-state index is 11.9. The van der Waals surface area contributed by atoms with Crippen molar-refractivity contribution in [3.63, 3.8) is 0 Å². The lowest BCUT2D eigenvalue weighted by molar-refractivity contribution is 0.0500. The molecule has 0 spiro atoms. The highest BCUT2D eigenvalue weighted by Gasteiger charge is 2.09. The van der Waals surface area contributed by atoms with E-state index < -0.39 is 0 Å². The maximum Gasteiger partial charge on any atom is 0.338 e. The van der Waals surface area contributed by atoms with Crippen LogP contribution in [0.3, 0.4) is 0 Å². The summed E-state index contributed by atoms with van der Waals surface area (Å²) < 4.78 is 11.4. The Balaban J connectivity index is 1.80. The Morgan fingerprint density at radius 3 is 2.57 bits per heavy atom. The minimum Gasteiger partial charge on any atom is -0.496 e. The fraction of sp³-hybridized carbons (Fsp3) is 0.235. The van der Waals surface area contributed by atoms with Crippen molar-refractivity contribution in [2.75, 3.05) is 13.7 Å². The van der Waals surface area contributed by atoms with Gasteiger partial charge in [-0.05, 0) is 59.2 Å². The molecule has 0 aliphatic carbocycles. The molecule has 110 valence electrons. The van der Waals surface area contributed by atoms with Gasteiger partial charge in [0.05, 0.1) is 22.9 Å². The normalized spacial score (nSPS) is 10.2. The zero-order chi connectivity index (χ0) is 15.1. The molecule has 0 atom stereocenters. The first kappa shape index (κ1) is 15.8. The van der Waals surface area contributed by atoms with Crippen LogP contribution in [0.5, 0.6) is 5.75 Å². The van der Waals surface area contributed by atoms with E-state index >= 15 is 0 Å². The van der Waals surface area contributed by atoms with Crippen LogP contribution < -0.4 is 4.74 Å². The molecule has 0 radical (unpaired) electrons. The highest BCUT2D eigenvalue weighted by molar-refractivity contribution is 14.1. The summed E-state index contributed by atoms with van der Waals surface area (Å²) in [4.78, 5) is 11.9. The van der Waals surface area contributed by atoms with Crippen LogP contribution >= 0.6 is 22.6 Å². The third-order valence-electron chi connectivity index (χ3n) is 3.07. The van der Waals surface area contributed by atoms with E-state index in [-0.39, 0.29) is 5.97 Å². The number of aryl methyl sites for hydroxylation is 1. The number of halogens is 1. The molecule has 0 bridgehead atoms. The summed E-state index contributed by atoms with van der Waals surface area (Å²) in [7, 11) is 1.61. The number of esters is 1. The number of rotatable bonds is 6. The summed E-state index contributed by atoms with van der Waals surface area (Å²) in [5.41, 5.74) is 1.81. The molecule has 0 aromatic heterocycles.